The number of carbonyl (C=O) groups is 1. The number of carbonyl (C=O) groups excluding carboxylic acids is 1. The molecule has 1 aromatic rings. The van der Waals surface area contributed by atoms with Crippen LogP contribution >= 0.6 is 0 Å². The van der Waals surface area contributed by atoms with Gasteiger partial charge in [-0.05, 0) is 43.7 Å². The minimum absolute atomic E-state index is 0.171. The van der Waals surface area contributed by atoms with Gasteiger partial charge in [0.1, 0.15) is 0 Å². The second-order valence-corrected chi connectivity index (χ2v) is 6.07. The third-order valence-corrected chi connectivity index (χ3v) is 4.59. The first-order valence-electron chi connectivity index (χ1n) is 7.46. The Hall–Kier alpha value is -1.38. The fourth-order valence-corrected chi connectivity index (χ4v) is 3.60. The lowest BCUT2D eigenvalue weighted by atomic mass is 10.0. The van der Waals surface area contributed by atoms with Crippen molar-refractivity contribution in [1.29, 1.82) is 0 Å². The number of nitrogens with one attached hydrogen (secondary N) is 1. The van der Waals surface area contributed by atoms with Crippen molar-refractivity contribution in [2.24, 2.45) is 17.8 Å². The molecule has 2 aliphatic rings. The molecule has 2 aliphatic carbocycles. The third-order valence-electron chi connectivity index (χ3n) is 4.59. The van der Waals surface area contributed by atoms with Gasteiger partial charge in [0.2, 0.25) is 5.91 Å². The highest BCUT2D eigenvalue weighted by Crippen LogP contribution is 2.55. The minimum Gasteiger partial charge on any atom is -0.353 e. The topological polar surface area (TPSA) is 42.0 Å². The number of fused-ring (bicyclic) bond motifs is 1. The SMILES string of the molecule is C[C@H](Cc1ccccn1)NC(=O)C1[C@@H]2CCCC[C@@H]12. The second kappa shape index (κ2) is 5.32. The molecule has 3 nitrogen and oxygen atoms in total. The van der Waals surface area contributed by atoms with Gasteiger partial charge in [0.15, 0.2) is 0 Å². The van der Waals surface area contributed by atoms with Crippen LogP contribution in [0.3, 0.4) is 0 Å². The molecule has 3 rings (SSSR count). The van der Waals surface area contributed by atoms with Crippen LogP contribution in [0.1, 0.15) is 38.3 Å². The van der Waals surface area contributed by atoms with Gasteiger partial charge in [0, 0.05) is 30.3 Å². The van der Waals surface area contributed by atoms with Gasteiger partial charge in [-0.25, -0.2) is 0 Å². The molecule has 3 heteroatoms. The fourth-order valence-electron chi connectivity index (χ4n) is 3.60. The maximum atomic E-state index is 12.2. The molecule has 1 aromatic heterocycles. The van der Waals surface area contributed by atoms with E-state index in [9.17, 15) is 4.79 Å². The molecule has 2 fully saturated rings. The van der Waals surface area contributed by atoms with Crippen molar-refractivity contribution < 1.29 is 4.79 Å². The summed E-state index contributed by atoms with van der Waals surface area (Å²) in [7, 11) is 0. The zero-order valence-corrected chi connectivity index (χ0v) is 11.5. The van der Waals surface area contributed by atoms with Crippen LogP contribution in [0.25, 0.3) is 0 Å². The van der Waals surface area contributed by atoms with E-state index in [0.29, 0.717) is 17.8 Å². The summed E-state index contributed by atoms with van der Waals surface area (Å²) in [6.07, 6.45) is 7.77. The van der Waals surface area contributed by atoms with Crippen LogP contribution in [-0.2, 0) is 11.2 Å². The Kier molecular flexibility index (Phi) is 3.54. The Labute approximate surface area is 114 Å². The molecular weight excluding hydrogens is 236 g/mol. The number of amides is 1. The summed E-state index contributed by atoms with van der Waals surface area (Å²) in [6, 6.07) is 6.10. The smallest absolute Gasteiger partial charge is 0.223 e. The fraction of sp³-hybridized carbons (Fsp3) is 0.625. The minimum atomic E-state index is 0.171. The first kappa shape index (κ1) is 12.6. The largest absolute Gasteiger partial charge is 0.353 e. The number of rotatable bonds is 4. The first-order valence-corrected chi connectivity index (χ1v) is 7.46. The second-order valence-electron chi connectivity index (χ2n) is 6.07. The predicted molar refractivity (Wildman–Crippen MR) is 74.5 cm³/mol. The van der Waals surface area contributed by atoms with Crippen LogP contribution in [0.2, 0.25) is 0 Å². The van der Waals surface area contributed by atoms with Gasteiger partial charge in [-0.15, -0.1) is 0 Å². The van der Waals surface area contributed by atoms with Crippen LogP contribution in [0.4, 0.5) is 0 Å². The van der Waals surface area contributed by atoms with Gasteiger partial charge in [-0.1, -0.05) is 18.9 Å². The molecule has 0 aromatic carbocycles. The molecule has 19 heavy (non-hydrogen) atoms. The van der Waals surface area contributed by atoms with Crippen LogP contribution in [0.5, 0.6) is 0 Å². The molecule has 1 amide bonds. The van der Waals surface area contributed by atoms with E-state index >= 15 is 0 Å². The van der Waals surface area contributed by atoms with Gasteiger partial charge in [0.05, 0.1) is 0 Å². The van der Waals surface area contributed by atoms with Gasteiger partial charge in [-0.2, -0.15) is 0 Å². The van der Waals surface area contributed by atoms with Gasteiger partial charge >= 0.3 is 0 Å². The van der Waals surface area contributed by atoms with E-state index in [0.717, 1.165) is 12.1 Å². The van der Waals surface area contributed by atoms with Crippen LogP contribution < -0.4 is 5.32 Å². The quantitative estimate of drug-likeness (QED) is 0.902. The summed E-state index contributed by atoms with van der Waals surface area (Å²) < 4.78 is 0. The molecular formula is C16H22N2O. The molecule has 0 unspecified atom stereocenters. The molecule has 0 saturated heterocycles. The van der Waals surface area contributed by atoms with E-state index in [4.69, 9.17) is 0 Å². The first-order chi connectivity index (χ1) is 9.25. The Morgan fingerprint density at radius 2 is 2.11 bits per heavy atom. The lowest BCUT2D eigenvalue weighted by Crippen LogP contribution is -2.36. The lowest BCUT2D eigenvalue weighted by molar-refractivity contribution is -0.123. The van der Waals surface area contributed by atoms with Crippen molar-refractivity contribution in [3.8, 4) is 0 Å². The van der Waals surface area contributed by atoms with Gasteiger partial charge in [0.25, 0.3) is 0 Å². The molecule has 102 valence electrons. The molecule has 0 spiro atoms. The maximum absolute atomic E-state index is 12.2. The van der Waals surface area contributed by atoms with E-state index in [2.05, 4.69) is 17.2 Å². The number of nitrogens with zero attached hydrogens (tertiary/aromatic N) is 1. The van der Waals surface area contributed by atoms with E-state index in [1.165, 1.54) is 25.7 Å². The number of aromatic nitrogens is 1. The van der Waals surface area contributed by atoms with Crippen molar-refractivity contribution in [2.75, 3.05) is 0 Å². The molecule has 1 N–H and O–H groups in total. The van der Waals surface area contributed by atoms with Crippen LogP contribution in [0, 0.1) is 17.8 Å². The molecule has 0 aliphatic heterocycles. The van der Waals surface area contributed by atoms with Gasteiger partial charge < -0.3 is 5.32 Å². The van der Waals surface area contributed by atoms with Crippen molar-refractivity contribution in [1.82, 2.24) is 10.3 Å². The number of hydrogen-bond donors (Lipinski definition) is 1. The highest BCUT2D eigenvalue weighted by Gasteiger charge is 2.54. The number of hydrogen-bond acceptors (Lipinski definition) is 2. The van der Waals surface area contributed by atoms with E-state index in [1.807, 2.05) is 18.2 Å². The molecule has 3 atom stereocenters. The molecule has 0 bridgehead atoms. The zero-order chi connectivity index (χ0) is 13.2. The normalized spacial score (nSPS) is 30.3. The van der Waals surface area contributed by atoms with Gasteiger partial charge in [-0.3, -0.25) is 9.78 Å². The Morgan fingerprint density at radius 3 is 2.74 bits per heavy atom. The third kappa shape index (κ3) is 2.80. The van der Waals surface area contributed by atoms with Crippen LogP contribution in [-0.4, -0.2) is 16.9 Å². The molecule has 0 radical (unpaired) electrons. The number of pyridine rings is 1. The van der Waals surface area contributed by atoms with Crippen molar-refractivity contribution in [3.05, 3.63) is 30.1 Å². The molecule has 1 heterocycles. The monoisotopic (exact) mass is 258 g/mol. The van der Waals surface area contributed by atoms with Crippen LogP contribution in [0.15, 0.2) is 24.4 Å². The Bertz CT molecular complexity index is 433. The Morgan fingerprint density at radius 1 is 1.37 bits per heavy atom. The summed E-state index contributed by atoms with van der Waals surface area (Å²) in [4.78, 5) is 16.5. The summed E-state index contributed by atoms with van der Waals surface area (Å²) in [5.74, 6) is 1.97. The summed E-state index contributed by atoms with van der Waals surface area (Å²) in [5.41, 5.74) is 1.04. The highest BCUT2D eigenvalue weighted by atomic mass is 16.2. The van der Waals surface area contributed by atoms with Crippen molar-refractivity contribution >= 4 is 5.91 Å². The average Bonchev–Trinajstić information content (AvgIpc) is 3.14. The Balaban J connectivity index is 1.50. The lowest BCUT2D eigenvalue weighted by Gasteiger charge is -2.13. The zero-order valence-electron chi connectivity index (χ0n) is 11.5. The highest BCUT2D eigenvalue weighted by molar-refractivity contribution is 5.82. The standard InChI is InChI=1S/C16H22N2O/c1-11(10-12-6-4-5-9-17-12)18-16(19)15-13-7-2-3-8-14(13)15/h4-6,9,11,13-15H,2-3,7-8,10H2,1H3,(H,18,19)/t11-,13-,14-/m1/s1. The average molecular weight is 258 g/mol. The summed E-state index contributed by atoms with van der Waals surface area (Å²) >= 11 is 0. The van der Waals surface area contributed by atoms with Crippen molar-refractivity contribution in [2.45, 2.75) is 45.1 Å². The summed E-state index contributed by atoms with van der Waals surface area (Å²) in [6.45, 7) is 2.07. The molecule has 2 saturated carbocycles. The van der Waals surface area contributed by atoms with E-state index < -0.39 is 0 Å². The predicted octanol–water partition coefficient (Wildman–Crippen LogP) is 2.57. The van der Waals surface area contributed by atoms with E-state index in [-0.39, 0.29) is 11.9 Å². The summed E-state index contributed by atoms with van der Waals surface area (Å²) in [5, 5.41) is 3.17. The van der Waals surface area contributed by atoms with E-state index in [1.54, 1.807) is 6.20 Å². The maximum Gasteiger partial charge on any atom is 0.223 e. The van der Waals surface area contributed by atoms with Crippen molar-refractivity contribution in [3.63, 3.8) is 0 Å².